The molecule has 174 valence electrons. The maximum atomic E-state index is 6.11. The van der Waals surface area contributed by atoms with Gasteiger partial charge >= 0.3 is 6.01 Å². The zero-order chi connectivity index (χ0) is 23.5. The number of hydrogen-bond donors (Lipinski definition) is 0. The third kappa shape index (κ3) is 4.96. The lowest BCUT2D eigenvalue weighted by Crippen LogP contribution is -2.25. The second-order valence-corrected chi connectivity index (χ2v) is 9.03. The zero-order valence-electron chi connectivity index (χ0n) is 19.6. The molecule has 5 heteroatoms. The van der Waals surface area contributed by atoms with Gasteiger partial charge in [-0.2, -0.15) is 0 Å². The molecule has 1 aromatic heterocycles. The molecule has 1 aliphatic heterocycles. The van der Waals surface area contributed by atoms with Crippen LogP contribution in [0.2, 0.25) is 0 Å². The molecule has 0 N–H and O–H groups in total. The molecule has 0 saturated carbocycles. The molecule has 0 bridgehead atoms. The van der Waals surface area contributed by atoms with E-state index in [2.05, 4.69) is 75.5 Å². The van der Waals surface area contributed by atoms with E-state index in [4.69, 9.17) is 9.47 Å². The van der Waals surface area contributed by atoms with E-state index in [1.807, 2.05) is 12.1 Å². The summed E-state index contributed by atoms with van der Waals surface area (Å²) in [6.07, 6.45) is 7.86. The first-order valence-corrected chi connectivity index (χ1v) is 12.1. The van der Waals surface area contributed by atoms with Crippen LogP contribution >= 0.6 is 0 Å². The second-order valence-electron chi connectivity index (χ2n) is 9.03. The normalized spacial score (nSPS) is 15.3. The van der Waals surface area contributed by atoms with Crippen LogP contribution in [0.3, 0.4) is 0 Å². The summed E-state index contributed by atoms with van der Waals surface area (Å²) in [6.45, 7) is 3.29. The number of ether oxygens (including phenoxy) is 2. The highest BCUT2D eigenvalue weighted by molar-refractivity contribution is 5.84. The molecule has 0 unspecified atom stereocenters. The standard InChI is InChI=1S/C30H27N3O2/c1-2-5-24-18-25(9-8-23(24)4-1)26-10-13-29-27(19-26)21-33(16-17-34-29)20-22-6-11-28(12-7-22)35-30-31-14-3-15-32-30/h1-7,10-15,18-19H,8-9,16-17,20-21H2. The van der Waals surface area contributed by atoms with Crippen LogP contribution < -0.4 is 9.47 Å². The summed E-state index contributed by atoms with van der Waals surface area (Å²) in [7, 11) is 0. The van der Waals surface area contributed by atoms with Crippen molar-refractivity contribution in [2.24, 2.45) is 0 Å². The minimum atomic E-state index is 0.355. The van der Waals surface area contributed by atoms with E-state index >= 15 is 0 Å². The molecule has 2 heterocycles. The van der Waals surface area contributed by atoms with E-state index in [-0.39, 0.29) is 0 Å². The molecule has 5 nitrogen and oxygen atoms in total. The van der Waals surface area contributed by atoms with Crippen molar-refractivity contribution in [2.45, 2.75) is 25.9 Å². The van der Waals surface area contributed by atoms with Gasteiger partial charge < -0.3 is 9.47 Å². The van der Waals surface area contributed by atoms with E-state index in [9.17, 15) is 0 Å². The first kappa shape index (κ1) is 21.6. The van der Waals surface area contributed by atoms with Crippen LogP contribution in [0, 0.1) is 0 Å². The number of nitrogens with zero attached hydrogens (tertiary/aromatic N) is 3. The van der Waals surface area contributed by atoms with Crippen molar-refractivity contribution in [3.8, 4) is 17.5 Å². The van der Waals surface area contributed by atoms with E-state index in [1.54, 1.807) is 18.5 Å². The molecule has 1 aliphatic carbocycles. The van der Waals surface area contributed by atoms with Gasteiger partial charge in [0.15, 0.2) is 0 Å². The van der Waals surface area contributed by atoms with Gasteiger partial charge in [-0.3, -0.25) is 4.90 Å². The number of hydrogen-bond acceptors (Lipinski definition) is 5. The van der Waals surface area contributed by atoms with Crippen LogP contribution in [0.25, 0.3) is 11.6 Å². The first-order valence-electron chi connectivity index (χ1n) is 12.1. The molecule has 0 amide bonds. The fourth-order valence-corrected chi connectivity index (χ4v) is 4.81. The van der Waals surface area contributed by atoms with Gasteiger partial charge in [-0.25, -0.2) is 9.97 Å². The number of aryl methyl sites for hydroxylation is 1. The van der Waals surface area contributed by atoms with Gasteiger partial charge in [0.25, 0.3) is 0 Å². The molecule has 0 radical (unpaired) electrons. The number of rotatable bonds is 5. The van der Waals surface area contributed by atoms with Crippen molar-refractivity contribution in [1.29, 1.82) is 0 Å². The minimum absolute atomic E-state index is 0.355. The minimum Gasteiger partial charge on any atom is -0.492 e. The molecule has 6 rings (SSSR count). The summed E-state index contributed by atoms with van der Waals surface area (Å²) in [5, 5.41) is 0. The van der Waals surface area contributed by atoms with Crippen LogP contribution in [-0.2, 0) is 19.5 Å². The van der Waals surface area contributed by atoms with Gasteiger partial charge in [-0.1, -0.05) is 48.5 Å². The van der Waals surface area contributed by atoms with Crippen LogP contribution in [0.1, 0.15) is 34.2 Å². The lowest BCUT2D eigenvalue weighted by atomic mass is 9.88. The van der Waals surface area contributed by atoms with Gasteiger partial charge in [0, 0.05) is 37.6 Å². The predicted molar refractivity (Wildman–Crippen MR) is 137 cm³/mol. The van der Waals surface area contributed by atoms with Crippen molar-refractivity contribution >= 4 is 11.6 Å². The third-order valence-electron chi connectivity index (χ3n) is 6.62. The Morgan fingerprint density at radius 2 is 1.71 bits per heavy atom. The summed E-state index contributed by atoms with van der Waals surface area (Å²) in [4.78, 5) is 10.7. The highest BCUT2D eigenvalue weighted by Gasteiger charge is 2.18. The number of fused-ring (bicyclic) bond motifs is 2. The molecule has 2 aliphatic rings. The highest BCUT2D eigenvalue weighted by Crippen LogP contribution is 2.34. The molecule has 0 spiro atoms. The molecular formula is C30H27N3O2. The van der Waals surface area contributed by atoms with Crippen molar-refractivity contribution in [2.75, 3.05) is 13.2 Å². The molecule has 3 aromatic carbocycles. The lowest BCUT2D eigenvalue weighted by molar-refractivity contribution is 0.219. The summed E-state index contributed by atoms with van der Waals surface area (Å²) >= 11 is 0. The number of allylic oxidation sites excluding steroid dienone is 1. The Balaban J connectivity index is 1.17. The molecule has 35 heavy (non-hydrogen) atoms. The van der Waals surface area contributed by atoms with Gasteiger partial charge in [-0.05, 0) is 71.0 Å². The summed E-state index contributed by atoms with van der Waals surface area (Å²) in [5.74, 6) is 1.73. The molecular weight excluding hydrogens is 434 g/mol. The number of aromatic nitrogens is 2. The Kier molecular flexibility index (Phi) is 5.99. The highest BCUT2D eigenvalue weighted by atomic mass is 16.5. The van der Waals surface area contributed by atoms with Crippen molar-refractivity contribution in [3.63, 3.8) is 0 Å². The zero-order valence-corrected chi connectivity index (χ0v) is 19.6. The molecule has 0 fully saturated rings. The van der Waals surface area contributed by atoms with Gasteiger partial charge in [-0.15, -0.1) is 0 Å². The lowest BCUT2D eigenvalue weighted by Gasteiger charge is -2.20. The summed E-state index contributed by atoms with van der Waals surface area (Å²) in [5.41, 5.74) is 7.97. The van der Waals surface area contributed by atoms with E-state index in [0.29, 0.717) is 12.6 Å². The monoisotopic (exact) mass is 461 g/mol. The van der Waals surface area contributed by atoms with Crippen LogP contribution in [0.4, 0.5) is 0 Å². The van der Waals surface area contributed by atoms with Crippen LogP contribution in [0.15, 0.2) is 85.2 Å². The Hall–Kier alpha value is -3.96. The average Bonchev–Trinajstić information content (AvgIpc) is 3.11. The largest absolute Gasteiger partial charge is 0.492 e. The first-order chi connectivity index (χ1) is 17.3. The van der Waals surface area contributed by atoms with Crippen LogP contribution in [-0.4, -0.2) is 28.0 Å². The SMILES string of the molecule is C1=C(c2ccc3c(c2)CN(Cc2ccc(Oc4ncccn4)cc2)CCO3)CCc2ccccc21. The molecule has 0 saturated heterocycles. The fourth-order valence-electron chi connectivity index (χ4n) is 4.81. The topological polar surface area (TPSA) is 47.5 Å². The predicted octanol–water partition coefficient (Wildman–Crippen LogP) is 6.15. The summed E-state index contributed by atoms with van der Waals surface area (Å²) < 4.78 is 11.8. The quantitative estimate of drug-likeness (QED) is 0.357. The van der Waals surface area contributed by atoms with Crippen molar-refractivity contribution < 1.29 is 9.47 Å². The third-order valence-corrected chi connectivity index (χ3v) is 6.62. The molecule has 4 aromatic rings. The fraction of sp³-hybridized carbons (Fsp3) is 0.200. The van der Waals surface area contributed by atoms with Crippen molar-refractivity contribution in [1.82, 2.24) is 14.9 Å². The maximum absolute atomic E-state index is 6.11. The Labute approximate surface area is 205 Å². The van der Waals surface area contributed by atoms with E-state index in [1.165, 1.54) is 33.4 Å². The smallest absolute Gasteiger partial charge is 0.321 e. The number of benzene rings is 3. The van der Waals surface area contributed by atoms with Crippen molar-refractivity contribution in [3.05, 3.63) is 113 Å². The van der Waals surface area contributed by atoms with Gasteiger partial charge in [0.05, 0.1) is 0 Å². The van der Waals surface area contributed by atoms with Gasteiger partial charge in [0.1, 0.15) is 18.1 Å². The van der Waals surface area contributed by atoms with E-state index in [0.717, 1.165) is 44.0 Å². The molecule has 0 atom stereocenters. The Morgan fingerprint density at radius 1 is 0.857 bits per heavy atom. The van der Waals surface area contributed by atoms with E-state index < -0.39 is 0 Å². The van der Waals surface area contributed by atoms with Crippen LogP contribution in [0.5, 0.6) is 17.5 Å². The average molecular weight is 462 g/mol. The van der Waals surface area contributed by atoms with Gasteiger partial charge in [0.2, 0.25) is 0 Å². The Bertz CT molecular complexity index is 1350. The Morgan fingerprint density at radius 3 is 2.60 bits per heavy atom. The maximum Gasteiger partial charge on any atom is 0.321 e. The second kappa shape index (κ2) is 9.72. The summed E-state index contributed by atoms with van der Waals surface area (Å²) in [6, 6.07) is 25.7.